The number of rotatable bonds is 10. The highest BCUT2D eigenvalue weighted by Gasteiger charge is 2.24. The molecule has 0 N–H and O–H groups in total. The molecule has 3 aromatic carbocycles. The Morgan fingerprint density at radius 3 is 2.24 bits per heavy atom. The van der Waals surface area contributed by atoms with Crippen LogP contribution in [-0.4, -0.2) is 14.7 Å². The summed E-state index contributed by atoms with van der Waals surface area (Å²) in [7, 11) is 0. The van der Waals surface area contributed by atoms with E-state index in [-0.39, 0.29) is 17.3 Å². The van der Waals surface area contributed by atoms with Crippen molar-refractivity contribution in [2.45, 2.75) is 55.7 Å². The molecule has 5 nitrogen and oxygen atoms in total. The van der Waals surface area contributed by atoms with Gasteiger partial charge < -0.3 is 9.09 Å². The van der Waals surface area contributed by atoms with Crippen molar-refractivity contribution in [3.05, 3.63) is 134 Å². The summed E-state index contributed by atoms with van der Waals surface area (Å²) in [5.74, 6) is 1.07. The maximum atomic E-state index is 13.4. The summed E-state index contributed by atoms with van der Waals surface area (Å²) in [4.78, 5) is 17.3. The molecule has 2 heterocycles. The third-order valence-electron chi connectivity index (χ3n) is 7.64. The lowest BCUT2D eigenvalue weighted by molar-refractivity contribution is 0.384. The lowest BCUT2D eigenvalue weighted by Gasteiger charge is -2.17. The van der Waals surface area contributed by atoms with Gasteiger partial charge >= 0.3 is 0 Å². The van der Waals surface area contributed by atoms with Crippen LogP contribution in [-0.2, 0) is 44.1 Å². The average Bonchev–Trinajstić information content (AvgIpc) is 3.67. The Kier molecular flexibility index (Phi) is 8.53. The van der Waals surface area contributed by atoms with Gasteiger partial charge in [-0.15, -0.1) is 11.6 Å². The first kappa shape index (κ1) is 28.4. The summed E-state index contributed by atoms with van der Waals surface area (Å²) < 4.78 is 34.1. The summed E-state index contributed by atoms with van der Waals surface area (Å²) in [6, 6.07) is 22.0. The van der Waals surface area contributed by atoms with E-state index < -0.39 is 6.67 Å². The Morgan fingerprint density at radius 1 is 0.905 bits per heavy atom. The predicted octanol–water partition coefficient (Wildman–Crippen LogP) is 7.67. The van der Waals surface area contributed by atoms with Gasteiger partial charge in [-0.3, -0.25) is 4.79 Å². The zero-order chi connectivity index (χ0) is 29.1. The summed E-state index contributed by atoms with van der Waals surface area (Å²) in [6.07, 6.45) is 2.99. The molecule has 0 spiro atoms. The number of thioether (sulfide) groups is 1. The summed E-state index contributed by atoms with van der Waals surface area (Å²) >= 11 is 7.72. The van der Waals surface area contributed by atoms with E-state index in [0.717, 1.165) is 57.6 Å². The van der Waals surface area contributed by atoms with Crippen LogP contribution in [0, 0.1) is 5.82 Å². The summed E-state index contributed by atoms with van der Waals surface area (Å²) in [5.41, 5.74) is 7.98. The number of aromatic nitrogens is 3. The predicted molar refractivity (Wildman–Crippen MR) is 161 cm³/mol. The molecular weight excluding hydrogens is 576 g/mol. The van der Waals surface area contributed by atoms with E-state index in [4.69, 9.17) is 16.1 Å². The molecule has 1 aliphatic rings. The number of hydrogen-bond donors (Lipinski definition) is 0. The second-order valence-corrected chi connectivity index (χ2v) is 11.6. The van der Waals surface area contributed by atoms with Crippen molar-refractivity contribution in [1.82, 2.24) is 14.7 Å². The molecule has 42 heavy (non-hydrogen) atoms. The van der Waals surface area contributed by atoms with E-state index in [1.807, 2.05) is 12.1 Å². The minimum absolute atomic E-state index is 0.179. The number of benzene rings is 3. The number of halogens is 3. The molecule has 1 aliphatic carbocycles. The van der Waals surface area contributed by atoms with Gasteiger partial charge in [-0.1, -0.05) is 77.6 Å². The van der Waals surface area contributed by atoms with E-state index in [9.17, 15) is 13.6 Å². The van der Waals surface area contributed by atoms with Gasteiger partial charge in [0.1, 0.15) is 18.2 Å². The van der Waals surface area contributed by atoms with Crippen LogP contribution in [0.2, 0.25) is 0 Å². The van der Waals surface area contributed by atoms with E-state index >= 15 is 0 Å². The van der Waals surface area contributed by atoms with Gasteiger partial charge in [0.05, 0.1) is 12.4 Å². The van der Waals surface area contributed by atoms with Crippen molar-refractivity contribution in [3.63, 3.8) is 0 Å². The molecule has 0 aliphatic heterocycles. The minimum Gasteiger partial charge on any atom is -0.359 e. The van der Waals surface area contributed by atoms with Gasteiger partial charge in [0.25, 0.3) is 5.56 Å². The third kappa shape index (κ3) is 6.05. The first-order valence-corrected chi connectivity index (χ1v) is 15.3. The van der Waals surface area contributed by atoms with Crippen molar-refractivity contribution in [3.8, 4) is 11.1 Å². The maximum absolute atomic E-state index is 13.4. The standard InChI is InChI=1S/C33H28ClF2N3O2S/c34-17-31-28(16-21-4-10-24(11-5-21)25-12-6-22(18-35)7-13-25)29(38-41-31)19-39-30-3-1-2-27(30)32(40)37-33(39)42-20-23-8-14-26(36)15-9-23/h4-15H,1-3,16-20H2. The molecular formula is C33H28ClF2N3O2S. The molecule has 2 aromatic heterocycles. The van der Waals surface area contributed by atoms with E-state index in [0.29, 0.717) is 41.6 Å². The Hall–Kier alpha value is -3.75. The fourth-order valence-corrected chi connectivity index (χ4v) is 6.53. The average molecular weight is 604 g/mol. The highest BCUT2D eigenvalue weighted by Crippen LogP contribution is 2.30. The Balaban J connectivity index is 1.28. The van der Waals surface area contributed by atoms with Crippen LogP contribution in [0.1, 0.15) is 51.4 Å². The van der Waals surface area contributed by atoms with Crippen molar-refractivity contribution < 1.29 is 13.3 Å². The fraction of sp³-hybridized carbons (Fsp3) is 0.242. The summed E-state index contributed by atoms with van der Waals surface area (Å²) in [6.45, 7) is -0.0775. The van der Waals surface area contributed by atoms with Crippen molar-refractivity contribution in [1.29, 1.82) is 0 Å². The number of nitrogens with zero attached hydrogens (tertiary/aromatic N) is 3. The van der Waals surface area contributed by atoms with Gasteiger partial charge in [0.15, 0.2) is 10.9 Å². The Bertz CT molecular complexity index is 1750. The van der Waals surface area contributed by atoms with Crippen LogP contribution in [0.5, 0.6) is 0 Å². The van der Waals surface area contributed by atoms with Crippen LogP contribution in [0.4, 0.5) is 8.78 Å². The second kappa shape index (κ2) is 12.6. The van der Waals surface area contributed by atoms with Gasteiger partial charge in [0.2, 0.25) is 0 Å². The number of fused-ring (bicyclic) bond motifs is 1. The molecule has 6 rings (SSSR count). The maximum Gasteiger partial charge on any atom is 0.277 e. The lowest BCUT2D eigenvalue weighted by atomic mass is 9.99. The van der Waals surface area contributed by atoms with Gasteiger partial charge in [-0.05, 0) is 59.2 Å². The zero-order valence-electron chi connectivity index (χ0n) is 22.8. The number of hydrogen-bond acceptors (Lipinski definition) is 5. The van der Waals surface area contributed by atoms with E-state index in [1.165, 1.54) is 23.9 Å². The third-order valence-corrected chi connectivity index (χ3v) is 8.93. The zero-order valence-corrected chi connectivity index (χ0v) is 24.4. The quantitative estimate of drug-likeness (QED) is 0.0931. The first-order chi connectivity index (χ1) is 20.5. The molecule has 214 valence electrons. The van der Waals surface area contributed by atoms with Crippen LogP contribution >= 0.6 is 23.4 Å². The summed E-state index contributed by atoms with van der Waals surface area (Å²) in [5, 5.41) is 5.02. The normalized spacial score (nSPS) is 12.5. The molecule has 0 saturated carbocycles. The molecule has 9 heteroatoms. The van der Waals surface area contributed by atoms with Gasteiger partial charge in [-0.25, -0.2) is 8.78 Å². The SMILES string of the molecule is O=c1nc(SCc2ccc(F)cc2)n(Cc2noc(CCl)c2Cc2ccc(-c3ccc(CF)cc3)cc2)c2c1CCC2. The van der Waals surface area contributed by atoms with E-state index in [2.05, 4.69) is 39.0 Å². The van der Waals surface area contributed by atoms with Crippen molar-refractivity contribution in [2.75, 3.05) is 0 Å². The van der Waals surface area contributed by atoms with Gasteiger partial charge in [0, 0.05) is 29.0 Å². The van der Waals surface area contributed by atoms with Crippen molar-refractivity contribution >= 4 is 23.4 Å². The first-order valence-electron chi connectivity index (χ1n) is 13.8. The monoisotopic (exact) mass is 603 g/mol. The molecule has 5 aromatic rings. The molecule has 0 atom stereocenters. The second-order valence-electron chi connectivity index (χ2n) is 10.3. The lowest BCUT2D eigenvalue weighted by Crippen LogP contribution is -2.22. The molecule has 0 bridgehead atoms. The van der Waals surface area contributed by atoms with Crippen molar-refractivity contribution in [2.24, 2.45) is 0 Å². The molecule has 0 saturated heterocycles. The largest absolute Gasteiger partial charge is 0.359 e. The highest BCUT2D eigenvalue weighted by atomic mass is 35.5. The smallest absolute Gasteiger partial charge is 0.277 e. The Labute approximate surface area is 251 Å². The van der Waals surface area contributed by atoms with E-state index in [1.54, 1.807) is 24.3 Å². The van der Waals surface area contributed by atoms with Crippen LogP contribution < -0.4 is 5.56 Å². The fourth-order valence-electron chi connectivity index (χ4n) is 5.35. The molecule has 0 amide bonds. The molecule has 0 fully saturated rings. The van der Waals surface area contributed by atoms with Gasteiger partial charge in [-0.2, -0.15) is 4.98 Å². The van der Waals surface area contributed by atoms with Crippen LogP contribution in [0.3, 0.4) is 0 Å². The number of alkyl halides is 2. The minimum atomic E-state index is -0.476. The topological polar surface area (TPSA) is 60.9 Å². The molecule has 0 radical (unpaired) electrons. The highest BCUT2D eigenvalue weighted by molar-refractivity contribution is 7.98. The van der Waals surface area contributed by atoms with Crippen LogP contribution in [0.15, 0.2) is 87.3 Å². The Morgan fingerprint density at radius 2 is 1.57 bits per heavy atom. The molecule has 0 unspecified atom stereocenters. The van der Waals surface area contributed by atoms with Crippen LogP contribution in [0.25, 0.3) is 11.1 Å².